The summed E-state index contributed by atoms with van der Waals surface area (Å²) in [4.78, 5) is 13.8. The second-order valence-corrected chi connectivity index (χ2v) is 4.94. The normalized spacial score (nSPS) is 17.9. The standard InChI is InChI=1S/C14H18F2N2O.ClH/c1-17-8-10-5-6-18(9-10)13(19)7-11-3-2-4-12(15)14(11)16;/h2-4,10,17H,5-9H2,1H3;1H. The molecule has 1 heterocycles. The van der Waals surface area contributed by atoms with Gasteiger partial charge in [-0.1, -0.05) is 12.1 Å². The average Bonchev–Trinajstić information content (AvgIpc) is 2.84. The molecule has 1 fully saturated rings. The first kappa shape index (κ1) is 16.9. The van der Waals surface area contributed by atoms with Crippen LogP contribution < -0.4 is 5.32 Å². The number of likely N-dealkylation sites (tertiary alicyclic amines) is 1. The predicted octanol–water partition coefficient (Wildman–Crippen LogP) is 2.00. The molecule has 20 heavy (non-hydrogen) atoms. The number of carbonyl (C=O) groups is 1. The maximum atomic E-state index is 13.5. The van der Waals surface area contributed by atoms with Crippen molar-refractivity contribution in [3.63, 3.8) is 0 Å². The van der Waals surface area contributed by atoms with Crippen LogP contribution in [0.15, 0.2) is 18.2 Å². The van der Waals surface area contributed by atoms with Gasteiger partial charge in [0, 0.05) is 18.7 Å². The van der Waals surface area contributed by atoms with Crippen LogP contribution in [0.2, 0.25) is 0 Å². The maximum absolute atomic E-state index is 13.5. The number of rotatable bonds is 4. The van der Waals surface area contributed by atoms with E-state index >= 15 is 0 Å². The lowest BCUT2D eigenvalue weighted by Gasteiger charge is -2.16. The summed E-state index contributed by atoms with van der Waals surface area (Å²) in [7, 11) is 1.88. The average molecular weight is 305 g/mol. The fourth-order valence-electron chi connectivity index (χ4n) is 2.47. The van der Waals surface area contributed by atoms with E-state index in [0.717, 1.165) is 19.0 Å². The monoisotopic (exact) mass is 304 g/mol. The van der Waals surface area contributed by atoms with Crippen LogP contribution in [0.4, 0.5) is 8.78 Å². The van der Waals surface area contributed by atoms with Gasteiger partial charge in [-0.05, 0) is 32.0 Å². The third kappa shape index (κ3) is 3.90. The highest BCUT2D eigenvalue weighted by Gasteiger charge is 2.26. The van der Waals surface area contributed by atoms with Crippen LogP contribution >= 0.6 is 12.4 Å². The molecular weight excluding hydrogens is 286 g/mol. The zero-order valence-corrected chi connectivity index (χ0v) is 12.2. The van der Waals surface area contributed by atoms with E-state index in [0.29, 0.717) is 19.0 Å². The van der Waals surface area contributed by atoms with Gasteiger partial charge in [-0.2, -0.15) is 0 Å². The summed E-state index contributed by atoms with van der Waals surface area (Å²) in [6, 6.07) is 3.94. The molecule has 1 aromatic carbocycles. The first-order chi connectivity index (χ1) is 9.11. The molecule has 6 heteroatoms. The first-order valence-corrected chi connectivity index (χ1v) is 6.47. The van der Waals surface area contributed by atoms with E-state index in [1.54, 1.807) is 4.90 Å². The van der Waals surface area contributed by atoms with E-state index in [1.165, 1.54) is 12.1 Å². The Morgan fingerprint density at radius 3 is 2.90 bits per heavy atom. The minimum absolute atomic E-state index is 0. The van der Waals surface area contributed by atoms with Crippen LogP contribution in [-0.2, 0) is 11.2 Å². The number of benzene rings is 1. The van der Waals surface area contributed by atoms with Gasteiger partial charge in [0.15, 0.2) is 11.6 Å². The molecule has 1 atom stereocenters. The molecule has 1 amide bonds. The molecule has 1 saturated heterocycles. The SMILES string of the molecule is CNCC1CCN(C(=O)Cc2cccc(F)c2F)C1.Cl. The topological polar surface area (TPSA) is 32.3 Å². The van der Waals surface area contributed by atoms with Crippen LogP contribution in [0.5, 0.6) is 0 Å². The van der Waals surface area contributed by atoms with Gasteiger partial charge < -0.3 is 10.2 Å². The van der Waals surface area contributed by atoms with Crippen molar-refractivity contribution in [3.05, 3.63) is 35.4 Å². The fraction of sp³-hybridized carbons (Fsp3) is 0.500. The van der Waals surface area contributed by atoms with Crippen molar-refractivity contribution in [2.45, 2.75) is 12.8 Å². The van der Waals surface area contributed by atoms with Gasteiger partial charge >= 0.3 is 0 Å². The molecule has 1 aliphatic heterocycles. The van der Waals surface area contributed by atoms with Crippen molar-refractivity contribution in [2.75, 3.05) is 26.7 Å². The zero-order valence-electron chi connectivity index (χ0n) is 11.4. The number of amides is 1. The fourth-order valence-corrected chi connectivity index (χ4v) is 2.47. The lowest BCUT2D eigenvalue weighted by atomic mass is 10.1. The Bertz CT molecular complexity index is 470. The predicted molar refractivity (Wildman–Crippen MR) is 75.9 cm³/mol. The van der Waals surface area contributed by atoms with Gasteiger partial charge in [0.1, 0.15) is 0 Å². The van der Waals surface area contributed by atoms with Gasteiger partial charge in [0.05, 0.1) is 6.42 Å². The molecule has 1 N–H and O–H groups in total. The van der Waals surface area contributed by atoms with Crippen LogP contribution in [0.3, 0.4) is 0 Å². The molecular formula is C14H19ClF2N2O. The van der Waals surface area contributed by atoms with Gasteiger partial charge in [0.2, 0.25) is 5.91 Å². The van der Waals surface area contributed by atoms with Crippen molar-refractivity contribution >= 4 is 18.3 Å². The van der Waals surface area contributed by atoms with E-state index in [9.17, 15) is 13.6 Å². The highest BCUT2D eigenvalue weighted by molar-refractivity contribution is 5.85. The Morgan fingerprint density at radius 1 is 1.45 bits per heavy atom. The Hall–Kier alpha value is -1.20. The highest BCUT2D eigenvalue weighted by atomic mass is 35.5. The van der Waals surface area contributed by atoms with Gasteiger partial charge in [-0.25, -0.2) is 8.78 Å². The quantitative estimate of drug-likeness (QED) is 0.923. The van der Waals surface area contributed by atoms with E-state index < -0.39 is 11.6 Å². The number of carbonyl (C=O) groups excluding carboxylic acids is 1. The van der Waals surface area contributed by atoms with Crippen molar-refractivity contribution in [1.29, 1.82) is 0 Å². The molecule has 0 bridgehead atoms. The number of halogens is 3. The largest absolute Gasteiger partial charge is 0.342 e. The lowest BCUT2D eigenvalue weighted by Crippen LogP contribution is -2.31. The summed E-state index contributed by atoms with van der Waals surface area (Å²) >= 11 is 0. The Labute approximate surface area is 123 Å². The summed E-state index contributed by atoms with van der Waals surface area (Å²) in [6.07, 6.45) is 0.883. The molecule has 0 aromatic heterocycles. The van der Waals surface area contributed by atoms with Crippen molar-refractivity contribution in [1.82, 2.24) is 10.2 Å². The van der Waals surface area contributed by atoms with E-state index in [2.05, 4.69) is 5.32 Å². The van der Waals surface area contributed by atoms with Crippen LogP contribution in [0.1, 0.15) is 12.0 Å². The molecule has 112 valence electrons. The lowest BCUT2D eigenvalue weighted by molar-refractivity contribution is -0.129. The number of nitrogens with one attached hydrogen (secondary N) is 1. The molecule has 1 aromatic rings. The van der Waals surface area contributed by atoms with Crippen molar-refractivity contribution < 1.29 is 13.6 Å². The second kappa shape index (κ2) is 7.55. The van der Waals surface area contributed by atoms with E-state index in [1.807, 2.05) is 7.05 Å². The second-order valence-electron chi connectivity index (χ2n) is 4.94. The number of nitrogens with zero attached hydrogens (tertiary/aromatic N) is 1. The molecule has 0 radical (unpaired) electrons. The summed E-state index contributed by atoms with van der Waals surface area (Å²) in [5.74, 6) is -1.50. The van der Waals surface area contributed by atoms with Crippen molar-refractivity contribution in [2.24, 2.45) is 5.92 Å². The first-order valence-electron chi connectivity index (χ1n) is 6.47. The van der Waals surface area contributed by atoms with Crippen molar-refractivity contribution in [3.8, 4) is 0 Å². The molecule has 0 spiro atoms. The van der Waals surface area contributed by atoms with E-state index in [4.69, 9.17) is 0 Å². The molecule has 0 saturated carbocycles. The number of hydrogen-bond acceptors (Lipinski definition) is 2. The van der Waals surface area contributed by atoms with Crippen LogP contribution in [-0.4, -0.2) is 37.5 Å². The van der Waals surface area contributed by atoms with E-state index in [-0.39, 0.29) is 30.3 Å². The molecule has 1 aliphatic rings. The van der Waals surface area contributed by atoms with Gasteiger partial charge in [0.25, 0.3) is 0 Å². The maximum Gasteiger partial charge on any atom is 0.227 e. The molecule has 0 aliphatic carbocycles. The van der Waals surface area contributed by atoms with Crippen LogP contribution in [0, 0.1) is 17.6 Å². The molecule has 3 nitrogen and oxygen atoms in total. The summed E-state index contributed by atoms with van der Waals surface area (Å²) < 4.78 is 26.6. The Morgan fingerprint density at radius 2 is 2.20 bits per heavy atom. The zero-order chi connectivity index (χ0) is 13.8. The minimum atomic E-state index is -0.915. The third-order valence-electron chi connectivity index (χ3n) is 3.50. The van der Waals surface area contributed by atoms with Crippen LogP contribution in [0.25, 0.3) is 0 Å². The number of hydrogen-bond donors (Lipinski definition) is 1. The van der Waals surface area contributed by atoms with Gasteiger partial charge in [-0.15, -0.1) is 12.4 Å². The Kier molecular flexibility index (Phi) is 6.36. The molecule has 2 rings (SSSR count). The Balaban J connectivity index is 0.00000200. The molecule has 1 unspecified atom stereocenters. The summed E-state index contributed by atoms with van der Waals surface area (Å²) in [5.41, 5.74) is 0.127. The summed E-state index contributed by atoms with van der Waals surface area (Å²) in [5, 5.41) is 3.09. The highest BCUT2D eigenvalue weighted by Crippen LogP contribution is 2.18. The summed E-state index contributed by atoms with van der Waals surface area (Å²) in [6.45, 7) is 2.26. The smallest absolute Gasteiger partial charge is 0.227 e. The third-order valence-corrected chi connectivity index (χ3v) is 3.50. The minimum Gasteiger partial charge on any atom is -0.342 e. The van der Waals surface area contributed by atoms with Gasteiger partial charge in [-0.3, -0.25) is 4.79 Å².